The van der Waals surface area contributed by atoms with Crippen LogP contribution in [0.25, 0.3) is 0 Å². The van der Waals surface area contributed by atoms with Crippen molar-refractivity contribution >= 4 is 21.6 Å². The summed E-state index contributed by atoms with van der Waals surface area (Å²) in [5, 5.41) is 0. The normalized spacial score (nSPS) is 15.0. The van der Waals surface area contributed by atoms with Gasteiger partial charge < -0.3 is 14.5 Å². The molecule has 1 saturated heterocycles. The van der Waals surface area contributed by atoms with E-state index in [2.05, 4.69) is 4.72 Å². The molecule has 1 aliphatic heterocycles. The Morgan fingerprint density at radius 2 is 1.57 bits per heavy atom. The Morgan fingerprint density at radius 1 is 0.943 bits per heavy atom. The van der Waals surface area contributed by atoms with Crippen molar-refractivity contribution in [3.8, 4) is 5.75 Å². The number of anilines is 1. The van der Waals surface area contributed by atoms with E-state index in [0.717, 1.165) is 5.56 Å². The lowest BCUT2D eigenvalue weighted by molar-refractivity contribution is -0.133. The van der Waals surface area contributed by atoms with Gasteiger partial charge in [0.25, 0.3) is 5.91 Å². The van der Waals surface area contributed by atoms with Crippen LogP contribution < -0.4 is 14.4 Å². The minimum Gasteiger partial charge on any atom is -0.484 e. The fourth-order valence-corrected chi connectivity index (χ4v) is 5.20. The number of carbonyl (C=O) groups excluding carboxylic acids is 1. The van der Waals surface area contributed by atoms with Crippen molar-refractivity contribution in [3.63, 3.8) is 0 Å². The summed E-state index contributed by atoms with van der Waals surface area (Å²) in [6, 6.07) is 21.5. The predicted molar refractivity (Wildman–Crippen MR) is 132 cm³/mol. The highest BCUT2D eigenvalue weighted by atomic mass is 32.2. The number of piperazine rings is 1. The third-order valence-electron chi connectivity index (χ3n) is 5.95. The van der Waals surface area contributed by atoms with E-state index in [-0.39, 0.29) is 29.3 Å². The van der Waals surface area contributed by atoms with Crippen molar-refractivity contribution in [1.82, 2.24) is 9.62 Å². The number of hydrogen-bond acceptors (Lipinski definition) is 5. The van der Waals surface area contributed by atoms with E-state index in [1.165, 1.54) is 30.3 Å². The quantitative estimate of drug-likeness (QED) is 0.515. The second-order valence-corrected chi connectivity index (χ2v) is 10.0. The number of carbonyl (C=O) groups is 1. The highest BCUT2D eigenvalue weighted by Gasteiger charge is 2.23. The van der Waals surface area contributed by atoms with E-state index in [0.29, 0.717) is 37.6 Å². The summed E-state index contributed by atoms with van der Waals surface area (Å²) in [7, 11) is -3.72. The molecule has 0 bridgehead atoms. The standard InChI is InChI=1S/C26H28FN3O4S/c1-20(21-7-3-2-4-8-21)28-35(32,33)23-13-11-22(12-14-23)34-19-26(31)30-17-15-29(16-18-30)25-10-6-5-9-24(25)27/h2-14,20,28H,15-19H2,1H3/t20-/m0/s1. The summed E-state index contributed by atoms with van der Waals surface area (Å²) in [6.45, 7) is 3.64. The van der Waals surface area contributed by atoms with E-state index in [1.54, 1.807) is 30.0 Å². The minimum atomic E-state index is -3.72. The van der Waals surface area contributed by atoms with Gasteiger partial charge in [0.15, 0.2) is 6.61 Å². The Morgan fingerprint density at radius 3 is 2.23 bits per heavy atom. The van der Waals surface area contributed by atoms with Gasteiger partial charge in [-0.15, -0.1) is 0 Å². The number of nitrogens with zero attached hydrogens (tertiary/aromatic N) is 2. The van der Waals surface area contributed by atoms with Gasteiger partial charge in [-0.1, -0.05) is 42.5 Å². The Balaban J connectivity index is 1.27. The number of amides is 1. The molecule has 0 spiro atoms. The predicted octanol–water partition coefficient (Wildman–Crippen LogP) is 3.59. The van der Waals surface area contributed by atoms with Crippen molar-refractivity contribution in [2.75, 3.05) is 37.7 Å². The van der Waals surface area contributed by atoms with Crippen LogP contribution in [0, 0.1) is 5.82 Å². The van der Waals surface area contributed by atoms with Crippen molar-refractivity contribution in [2.45, 2.75) is 17.9 Å². The van der Waals surface area contributed by atoms with E-state index in [4.69, 9.17) is 4.74 Å². The van der Waals surface area contributed by atoms with Gasteiger partial charge in [0, 0.05) is 32.2 Å². The molecule has 184 valence electrons. The summed E-state index contributed by atoms with van der Waals surface area (Å²) in [6.07, 6.45) is 0. The first-order valence-electron chi connectivity index (χ1n) is 11.4. The summed E-state index contributed by atoms with van der Waals surface area (Å²) >= 11 is 0. The maximum absolute atomic E-state index is 14.0. The molecule has 3 aromatic carbocycles. The largest absolute Gasteiger partial charge is 0.484 e. The van der Waals surface area contributed by atoms with Gasteiger partial charge >= 0.3 is 0 Å². The monoisotopic (exact) mass is 497 g/mol. The smallest absolute Gasteiger partial charge is 0.260 e. The molecular weight excluding hydrogens is 469 g/mol. The number of halogens is 1. The molecular formula is C26H28FN3O4S. The third kappa shape index (κ3) is 6.17. The third-order valence-corrected chi connectivity index (χ3v) is 7.51. The molecule has 0 aromatic heterocycles. The SMILES string of the molecule is C[C@H](NS(=O)(=O)c1ccc(OCC(=O)N2CCN(c3ccccc3F)CC2)cc1)c1ccccc1. The lowest BCUT2D eigenvalue weighted by atomic mass is 10.1. The Bertz CT molecular complexity index is 1250. The molecule has 1 heterocycles. The molecule has 1 fully saturated rings. The van der Waals surface area contributed by atoms with E-state index < -0.39 is 10.0 Å². The van der Waals surface area contributed by atoms with Crippen molar-refractivity contribution in [2.24, 2.45) is 0 Å². The number of sulfonamides is 1. The summed E-state index contributed by atoms with van der Waals surface area (Å²) in [5.41, 5.74) is 1.41. The van der Waals surface area contributed by atoms with Crippen LogP contribution in [0.1, 0.15) is 18.5 Å². The van der Waals surface area contributed by atoms with Gasteiger partial charge in [-0.3, -0.25) is 4.79 Å². The number of benzene rings is 3. The van der Waals surface area contributed by atoms with E-state index in [9.17, 15) is 17.6 Å². The highest BCUT2D eigenvalue weighted by Crippen LogP contribution is 2.21. The van der Waals surface area contributed by atoms with Crippen LogP contribution in [0.3, 0.4) is 0 Å². The number of rotatable bonds is 8. The van der Waals surface area contributed by atoms with Gasteiger partial charge in [0.2, 0.25) is 10.0 Å². The molecule has 4 rings (SSSR count). The van der Waals surface area contributed by atoms with Gasteiger partial charge in [-0.05, 0) is 48.9 Å². The zero-order valence-electron chi connectivity index (χ0n) is 19.4. The molecule has 9 heteroatoms. The van der Waals surface area contributed by atoms with Crippen LogP contribution in [0.2, 0.25) is 0 Å². The molecule has 7 nitrogen and oxygen atoms in total. The lowest BCUT2D eigenvalue weighted by Crippen LogP contribution is -2.50. The molecule has 0 radical (unpaired) electrons. The zero-order valence-corrected chi connectivity index (χ0v) is 20.2. The zero-order chi connectivity index (χ0) is 24.8. The average molecular weight is 498 g/mol. The van der Waals surface area contributed by atoms with Gasteiger partial charge in [-0.2, -0.15) is 0 Å². The first-order valence-corrected chi connectivity index (χ1v) is 12.9. The fraction of sp³-hybridized carbons (Fsp3) is 0.269. The summed E-state index contributed by atoms with van der Waals surface area (Å²) < 4.78 is 47.7. The molecule has 35 heavy (non-hydrogen) atoms. The van der Waals surface area contributed by atoms with Crippen LogP contribution in [-0.2, 0) is 14.8 Å². The first kappa shape index (κ1) is 24.7. The molecule has 0 saturated carbocycles. The van der Waals surface area contributed by atoms with Gasteiger partial charge in [0.1, 0.15) is 11.6 Å². The summed E-state index contributed by atoms with van der Waals surface area (Å²) in [5.74, 6) is -0.0440. The molecule has 0 unspecified atom stereocenters. The van der Waals surface area contributed by atoms with E-state index in [1.807, 2.05) is 35.2 Å². The second kappa shape index (κ2) is 10.9. The van der Waals surface area contributed by atoms with Crippen LogP contribution in [0.4, 0.5) is 10.1 Å². The van der Waals surface area contributed by atoms with Crippen LogP contribution >= 0.6 is 0 Å². The Labute approximate surface area is 205 Å². The Kier molecular flexibility index (Phi) is 7.67. The lowest BCUT2D eigenvalue weighted by Gasteiger charge is -2.36. The maximum atomic E-state index is 14.0. The number of hydrogen-bond donors (Lipinski definition) is 1. The molecule has 3 aromatic rings. The molecule has 1 N–H and O–H groups in total. The minimum absolute atomic E-state index is 0.114. The van der Waals surface area contributed by atoms with Gasteiger partial charge in [0.05, 0.1) is 10.6 Å². The maximum Gasteiger partial charge on any atom is 0.260 e. The second-order valence-electron chi connectivity index (χ2n) is 8.33. The molecule has 0 aliphatic carbocycles. The number of nitrogens with one attached hydrogen (secondary N) is 1. The summed E-state index contributed by atoms with van der Waals surface area (Å²) in [4.78, 5) is 16.3. The van der Waals surface area contributed by atoms with Crippen LogP contribution in [0.5, 0.6) is 5.75 Å². The molecule has 1 atom stereocenters. The average Bonchev–Trinajstić information content (AvgIpc) is 2.88. The fourth-order valence-electron chi connectivity index (χ4n) is 3.97. The first-order chi connectivity index (χ1) is 16.8. The van der Waals surface area contributed by atoms with Crippen molar-refractivity contribution < 1.29 is 22.3 Å². The van der Waals surface area contributed by atoms with Crippen LogP contribution in [0.15, 0.2) is 83.8 Å². The topological polar surface area (TPSA) is 78.9 Å². The highest BCUT2D eigenvalue weighted by molar-refractivity contribution is 7.89. The molecule has 1 aliphatic rings. The van der Waals surface area contributed by atoms with Crippen molar-refractivity contribution in [3.05, 3.63) is 90.2 Å². The number of ether oxygens (including phenoxy) is 1. The molecule has 1 amide bonds. The van der Waals surface area contributed by atoms with E-state index >= 15 is 0 Å². The van der Waals surface area contributed by atoms with Crippen LogP contribution in [-0.4, -0.2) is 52.0 Å². The Hall–Kier alpha value is -3.43. The van der Waals surface area contributed by atoms with Gasteiger partial charge in [-0.25, -0.2) is 17.5 Å². The number of para-hydroxylation sites is 1. The van der Waals surface area contributed by atoms with Crippen molar-refractivity contribution in [1.29, 1.82) is 0 Å².